The van der Waals surface area contributed by atoms with Crippen LogP contribution in [0.3, 0.4) is 0 Å². The van der Waals surface area contributed by atoms with Gasteiger partial charge in [0.2, 0.25) is 0 Å². The van der Waals surface area contributed by atoms with E-state index in [0.29, 0.717) is 6.54 Å². The van der Waals surface area contributed by atoms with Crippen molar-refractivity contribution in [2.24, 2.45) is 0 Å². The van der Waals surface area contributed by atoms with Gasteiger partial charge in [-0.2, -0.15) is 11.3 Å². The first-order valence-corrected chi connectivity index (χ1v) is 10.5. The van der Waals surface area contributed by atoms with E-state index in [1.54, 1.807) is 17.5 Å². The SMILES string of the molecule is CN1CCN(C(=O)c2ccsc2)CC1c1ncn2cc(-c3cccnc3)ccc12. The number of hydrogen-bond acceptors (Lipinski definition) is 5. The molecule has 7 heteroatoms. The number of pyridine rings is 2. The lowest BCUT2D eigenvalue weighted by Gasteiger charge is -2.38. The molecular formula is C22H21N5OS. The minimum absolute atomic E-state index is 0.0700. The lowest BCUT2D eigenvalue weighted by Crippen LogP contribution is -2.49. The number of nitrogens with zero attached hydrogens (tertiary/aromatic N) is 5. The molecule has 1 aliphatic heterocycles. The minimum atomic E-state index is 0.0700. The molecule has 4 aromatic rings. The van der Waals surface area contributed by atoms with Crippen LogP contribution in [0.4, 0.5) is 0 Å². The molecule has 5 heterocycles. The number of carbonyl (C=O) groups excluding carboxylic acids is 1. The second kappa shape index (κ2) is 7.42. The van der Waals surface area contributed by atoms with Gasteiger partial charge in [-0.25, -0.2) is 4.98 Å². The predicted molar refractivity (Wildman–Crippen MR) is 114 cm³/mol. The highest BCUT2D eigenvalue weighted by atomic mass is 32.1. The van der Waals surface area contributed by atoms with Crippen molar-refractivity contribution >= 4 is 22.8 Å². The molecule has 1 amide bonds. The standard InChI is InChI=1S/C22H21N5OS/c1-25-8-9-26(22(28)18-6-10-29-14-18)13-20(25)21-19-5-4-17(12-27(19)15-24-21)16-3-2-7-23-11-16/h2-7,10-12,14-15,20H,8-9,13H2,1H3. The van der Waals surface area contributed by atoms with Crippen molar-refractivity contribution < 1.29 is 4.79 Å². The highest BCUT2D eigenvalue weighted by Crippen LogP contribution is 2.29. The van der Waals surface area contributed by atoms with Crippen molar-refractivity contribution in [2.75, 3.05) is 26.7 Å². The van der Waals surface area contributed by atoms with Crippen molar-refractivity contribution in [2.45, 2.75) is 6.04 Å². The van der Waals surface area contributed by atoms with Crippen LogP contribution < -0.4 is 0 Å². The summed E-state index contributed by atoms with van der Waals surface area (Å²) >= 11 is 1.55. The topological polar surface area (TPSA) is 53.7 Å². The summed E-state index contributed by atoms with van der Waals surface area (Å²) in [6, 6.07) is 10.2. The fourth-order valence-corrected chi connectivity index (χ4v) is 4.53. The molecule has 0 bridgehead atoms. The molecule has 1 unspecified atom stereocenters. The summed E-state index contributed by atoms with van der Waals surface area (Å²) in [6.45, 7) is 2.20. The van der Waals surface area contributed by atoms with Crippen LogP contribution in [0.5, 0.6) is 0 Å². The van der Waals surface area contributed by atoms with Crippen molar-refractivity contribution in [3.8, 4) is 11.1 Å². The summed E-state index contributed by atoms with van der Waals surface area (Å²) in [6.07, 6.45) is 7.58. The lowest BCUT2D eigenvalue weighted by atomic mass is 10.1. The van der Waals surface area contributed by atoms with Crippen molar-refractivity contribution in [1.82, 2.24) is 24.2 Å². The van der Waals surface area contributed by atoms with E-state index in [0.717, 1.165) is 41.0 Å². The van der Waals surface area contributed by atoms with Gasteiger partial charge < -0.3 is 9.30 Å². The molecule has 4 aromatic heterocycles. The Bertz CT molecular complexity index is 1140. The van der Waals surface area contributed by atoms with E-state index in [9.17, 15) is 4.79 Å². The van der Waals surface area contributed by atoms with E-state index in [-0.39, 0.29) is 11.9 Å². The summed E-state index contributed by atoms with van der Waals surface area (Å²) in [5, 5.41) is 3.87. The molecule has 0 N–H and O–H groups in total. The Balaban J connectivity index is 1.45. The zero-order chi connectivity index (χ0) is 19.8. The average Bonchev–Trinajstić information content (AvgIpc) is 3.44. The second-order valence-electron chi connectivity index (χ2n) is 7.34. The Morgan fingerprint density at radius 3 is 2.90 bits per heavy atom. The van der Waals surface area contributed by atoms with E-state index in [2.05, 4.69) is 45.7 Å². The Hall–Kier alpha value is -3.03. The number of piperazine rings is 1. The van der Waals surface area contributed by atoms with Gasteiger partial charge in [-0.1, -0.05) is 12.1 Å². The number of carbonyl (C=O) groups is 1. The molecule has 6 nitrogen and oxygen atoms in total. The third-order valence-electron chi connectivity index (χ3n) is 5.57. The normalized spacial score (nSPS) is 17.7. The van der Waals surface area contributed by atoms with E-state index in [4.69, 9.17) is 4.98 Å². The highest BCUT2D eigenvalue weighted by Gasteiger charge is 2.31. The smallest absolute Gasteiger partial charge is 0.254 e. The Labute approximate surface area is 173 Å². The molecule has 0 aromatic carbocycles. The van der Waals surface area contributed by atoms with Crippen LogP contribution in [0, 0.1) is 0 Å². The maximum atomic E-state index is 12.8. The van der Waals surface area contributed by atoms with Crippen molar-refractivity contribution in [3.05, 3.63) is 77.3 Å². The van der Waals surface area contributed by atoms with Gasteiger partial charge in [0.1, 0.15) is 0 Å². The molecule has 0 spiro atoms. The maximum absolute atomic E-state index is 12.8. The molecule has 1 aliphatic rings. The monoisotopic (exact) mass is 403 g/mol. The van der Waals surface area contributed by atoms with Gasteiger partial charge in [-0.3, -0.25) is 14.7 Å². The first kappa shape index (κ1) is 18.0. The Kier molecular flexibility index (Phi) is 4.61. The van der Waals surface area contributed by atoms with E-state index >= 15 is 0 Å². The van der Waals surface area contributed by atoms with E-state index in [1.165, 1.54) is 0 Å². The Morgan fingerprint density at radius 1 is 1.17 bits per heavy atom. The first-order chi connectivity index (χ1) is 14.2. The van der Waals surface area contributed by atoms with Crippen LogP contribution in [0.15, 0.2) is 66.0 Å². The van der Waals surface area contributed by atoms with Gasteiger partial charge in [0, 0.05) is 49.2 Å². The zero-order valence-corrected chi connectivity index (χ0v) is 16.9. The van der Waals surface area contributed by atoms with Gasteiger partial charge >= 0.3 is 0 Å². The second-order valence-corrected chi connectivity index (χ2v) is 8.12. The zero-order valence-electron chi connectivity index (χ0n) is 16.1. The molecule has 0 saturated carbocycles. The number of fused-ring (bicyclic) bond motifs is 1. The number of aromatic nitrogens is 3. The summed E-state index contributed by atoms with van der Waals surface area (Å²) in [4.78, 5) is 26.0. The van der Waals surface area contributed by atoms with Crippen LogP contribution >= 0.6 is 11.3 Å². The van der Waals surface area contributed by atoms with Gasteiger partial charge in [-0.05, 0) is 36.2 Å². The Morgan fingerprint density at radius 2 is 2.10 bits per heavy atom. The molecule has 146 valence electrons. The fourth-order valence-electron chi connectivity index (χ4n) is 3.90. The number of likely N-dealkylation sites (N-methyl/N-ethyl adjacent to an activating group) is 1. The molecule has 0 aliphatic carbocycles. The summed E-state index contributed by atoms with van der Waals surface area (Å²) in [7, 11) is 2.10. The molecular weight excluding hydrogens is 382 g/mol. The van der Waals surface area contributed by atoms with Crippen LogP contribution in [0.1, 0.15) is 22.1 Å². The number of hydrogen-bond donors (Lipinski definition) is 0. The lowest BCUT2D eigenvalue weighted by molar-refractivity contribution is 0.0543. The van der Waals surface area contributed by atoms with Crippen LogP contribution in [0.25, 0.3) is 16.6 Å². The third kappa shape index (κ3) is 3.32. The van der Waals surface area contributed by atoms with Gasteiger partial charge in [0.25, 0.3) is 5.91 Å². The van der Waals surface area contributed by atoms with Gasteiger partial charge in [0.05, 0.1) is 29.1 Å². The summed E-state index contributed by atoms with van der Waals surface area (Å²) < 4.78 is 2.06. The largest absolute Gasteiger partial charge is 0.335 e. The molecule has 1 atom stereocenters. The number of amides is 1. The maximum Gasteiger partial charge on any atom is 0.254 e. The number of rotatable bonds is 3. The van der Waals surface area contributed by atoms with Crippen LogP contribution in [-0.4, -0.2) is 56.8 Å². The predicted octanol–water partition coefficient (Wildman–Crippen LogP) is 3.59. The average molecular weight is 404 g/mol. The first-order valence-electron chi connectivity index (χ1n) is 9.59. The van der Waals surface area contributed by atoms with Crippen molar-refractivity contribution in [3.63, 3.8) is 0 Å². The van der Waals surface area contributed by atoms with E-state index < -0.39 is 0 Å². The molecule has 1 fully saturated rings. The number of imidazole rings is 1. The molecule has 5 rings (SSSR count). The van der Waals surface area contributed by atoms with Crippen LogP contribution in [0.2, 0.25) is 0 Å². The highest BCUT2D eigenvalue weighted by molar-refractivity contribution is 7.08. The quantitative estimate of drug-likeness (QED) is 0.525. The third-order valence-corrected chi connectivity index (χ3v) is 6.26. The van der Waals surface area contributed by atoms with Gasteiger partial charge in [-0.15, -0.1) is 0 Å². The van der Waals surface area contributed by atoms with Crippen molar-refractivity contribution in [1.29, 1.82) is 0 Å². The molecule has 29 heavy (non-hydrogen) atoms. The molecule has 0 radical (unpaired) electrons. The van der Waals surface area contributed by atoms with Crippen LogP contribution in [-0.2, 0) is 0 Å². The minimum Gasteiger partial charge on any atom is -0.335 e. The number of thiophene rings is 1. The van der Waals surface area contributed by atoms with Gasteiger partial charge in [0.15, 0.2) is 0 Å². The summed E-state index contributed by atoms with van der Waals surface area (Å²) in [5.41, 5.74) is 5.02. The summed E-state index contributed by atoms with van der Waals surface area (Å²) in [5.74, 6) is 0.103. The van der Waals surface area contributed by atoms with E-state index in [1.807, 2.05) is 40.3 Å². The fraction of sp³-hybridized carbons (Fsp3) is 0.227. The molecule has 1 saturated heterocycles.